The second-order valence-corrected chi connectivity index (χ2v) is 8.39. The molecule has 0 heterocycles. The summed E-state index contributed by atoms with van der Waals surface area (Å²) >= 11 is 0. The Kier molecular flexibility index (Phi) is 5.77. The van der Waals surface area contributed by atoms with Crippen LogP contribution in [-0.2, 0) is 19.4 Å². The standard InChI is InChI=1S/C26H26F2N2O/c1-16-10-17(2)23(18(3)11-16)15-30(22-12-19-6-4-5-7-20(19)13-22)26(31)29-25-9-8-21(27)14-24(25)28/h4-11,14,22H,12-13,15H2,1-3H3,(H,29,31). The van der Waals surface area contributed by atoms with Gasteiger partial charge in [-0.25, -0.2) is 13.6 Å². The SMILES string of the molecule is Cc1cc(C)c(CN(C(=O)Nc2ccc(F)cc2F)C2Cc3ccccc3C2)c(C)c1. The maximum Gasteiger partial charge on any atom is 0.322 e. The summed E-state index contributed by atoms with van der Waals surface area (Å²) in [7, 11) is 0. The van der Waals surface area contributed by atoms with Gasteiger partial charge in [-0.15, -0.1) is 0 Å². The van der Waals surface area contributed by atoms with E-state index in [1.54, 1.807) is 4.90 Å². The fourth-order valence-electron chi connectivity index (χ4n) is 4.53. The van der Waals surface area contributed by atoms with E-state index in [0.29, 0.717) is 6.54 Å². The summed E-state index contributed by atoms with van der Waals surface area (Å²) in [6.07, 6.45) is 1.50. The maximum atomic E-state index is 14.2. The Morgan fingerprint density at radius 1 is 0.968 bits per heavy atom. The molecule has 0 saturated heterocycles. The van der Waals surface area contributed by atoms with Crippen LogP contribution in [0, 0.1) is 32.4 Å². The van der Waals surface area contributed by atoms with E-state index in [9.17, 15) is 13.6 Å². The number of amides is 2. The fourth-order valence-corrected chi connectivity index (χ4v) is 4.53. The zero-order valence-electron chi connectivity index (χ0n) is 18.0. The summed E-state index contributed by atoms with van der Waals surface area (Å²) < 4.78 is 27.5. The number of halogens is 2. The molecule has 1 N–H and O–H groups in total. The van der Waals surface area contributed by atoms with Crippen LogP contribution in [0.3, 0.4) is 0 Å². The Morgan fingerprint density at radius 2 is 1.58 bits per heavy atom. The van der Waals surface area contributed by atoms with E-state index in [1.165, 1.54) is 22.8 Å². The number of urea groups is 1. The Hall–Kier alpha value is -3.21. The number of nitrogens with zero attached hydrogens (tertiary/aromatic N) is 1. The number of aryl methyl sites for hydroxylation is 3. The number of carbonyl (C=O) groups is 1. The lowest BCUT2D eigenvalue weighted by Gasteiger charge is -2.30. The van der Waals surface area contributed by atoms with Crippen LogP contribution in [0.15, 0.2) is 54.6 Å². The van der Waals surface area contributed by atoms with Gasteiger partial charge in [0.15, 0.2) is 0 Å². The molecule has 0 unspecified atom stereocenters. The van der Waals surface area contributed by atoms with Crippen molar-refractivity contribution in [2.24, 2.45) is 0 Å². The van der Waals surface area contributed by atoms with E-state index >= 15 is 0 Å². The van der Waals surface area contributed by atoms with Crippen LogP contribution in [0.25, 0.3) is 0 Å². The van der Waals surface area contributed by atoms with Crippen molar-refractivity contribution in [2.75, 3.05) is 5.32 Å². The van der Waals surface area contributed by atoms with Gasteiger partial charge in [0.05, 0.1) is 5.69 Å². The Morgan fingerprint density at radius 3 is 2.16 bits per heavy atom. The van der Waals surface area contributed by atoms with Crippen molar-refractivity contribution in [2.45, 2.75) is 46.2 Å². The highest BCUT2D eigenvalue weighted by Gasteiger charge is 2.31. The highest BCUT2D eigenvalue weighted by molar-refractivity contribution is 5.89. The molecule has 1 aliphatic carbocycles. The highest BCUT2D eigenvalue weighted by atomic mass is 19.1. The first-order chi connectivity index (χ1) is 14.8. The maximum absolute atomic E-state index is 14.2. The zero-order chi connectivity index (χ0) is 22.1. The Balaban J connectivity index is 1.65. The first-order valence-corrected chi connectivity index (χ1v) is 10.5. The van der Waals surface area contributed by atoms with Gasteiger partial charge in [0.25, 0.3) is 0 Å². The quantitative estimate of drug-likeness (QED) is 0.544. The van der Waals surface area contributed by atoms with Gasteiger partial charge in [0.1, 0.15) is 11.6 Å². The van der Waals surface area contributed by atoms with Crippen molar-refractivity contribution in [1.29, 1.82) is 0 Å². The fraction of sp³-hybridized carbons (Fsp3) is 0.269. The summed E-state index contributed by atoms with van der Waals surface area (Å²) in [4.78, 5) is 15.1. The molecule has 0 aliphatic heterocycles. The van der Waals surface area contributed by atoms with Gasteiger partial charge in [0.2, 0.25) is 0 Å². The van der Waals surface area contributed by atoms with Crippen LogP contribution in [0.5, 0.6) is 0 Å². The molecule has 0 fully saturated rings. The molecule has 5 heteroatoms. The summed E-state index contributed by atoms with van der Waals surface area (Å²) in [6, 6.07) is 15.2. The smallest absolute Gasteiger partial charge is 0.317 e. The molecule has 4 rings (SSSR count). The van der Waals surface area contributed by atoms with Gasteiger partial charge >= 0.3 is 6.03 Å². The van der Waals surface area contributed by atoms with Gasteiger partial charge in [-0.3, -0.25) is 0 Å². The molecular weight excluding hydrogens is 394 g/mol. The van der Waals surface area contributed by atoms with Crippen LogP contribution in [0.2, 0.25) is 0 Å². The predicted molar refractivity (Wildman–Crippen MR) is 119 cm³/mol. The molecule has 3 nitrogen and oxygen atoms in total. The third-order valence-electron chi connectivity index (χ3n) is 6.07. The first kappa shape index (κ1) is 21.0. The molecule has 3 aromatic carbocycles. The number of anilines is 1. The normalized spacial score (nSPS) is 13.2. The molecule has 31 heavy (non-hydrogen) atoms. The second kappa shape index (κ2) is 8.50. The highest BCUT2D eigenvalue weighted by Crippen LogP contribution is 2.29. The third kappa shape index (κ3) is 4.46. The molecule has 0 spiro atoms. The monoisotopic (exact) mass is 420 g/mol. The minimum Gasteiger partial charge on any atom is -0.317 e. The van der Waals surface area contributed by atoms with E-state index in [2.05, 4.69) is 50.4 Å². The van der Waals surface area contributed by atoms with Crippen molar-refractivity contribution < 1.29 is 13.6 Å². The van der Waals surface area contributed by atoms with Gasteiger partial charge in [-0.05, 0) is 73.6 Å². The number of hydrogen-bond donors (Lipinski definition) is 1. The lowest BCUT2D eigenvalue weighted by atomic mass is 9.98. The first-order valence-electron chi connectivity index (χ1n) is 10.5. The average molecular weight is 421 g/mol. The molecule has 2 amide bonds. The zero-order valence-corrected chi connectivity index (χ0v) is 18.0. The Bertz CT molecular complexity index is 1090. The lowest BCUT2D eigenvalue weighted by Crippen LogP contribution is -2.43. The van der Waals surface area contributed by atoms with Crippen LogP contribution in [-0.4, -0.2) is 17.0 Å². The van der Waals surface area contributed by atoms with Crippen molar-refractivity contribution in [3.05, 3.63) is 99.6 Å². The van der Waals surface area contributed by atoms with Crippen molar-refractivity contribution >= 4 is 11.7 Å². The largest absolute Gasteiger partial charge is 0.322 e. The number of rotatable bonds is 4. The van der Waals surface area contributed by atoms with E-state index in [1.807, 2.05) is 12.1 Å². The van der Waals surface area contributed by atoms with E-state index < -0.39 is 11.6 Å². The number of hydrogen-bond acceptors (Lipinski definition) is 1. The van der Waals surface area contributed by atoms with Gasteiger partial charge < -0.3 is 10.2 Å². The summed E-state index contributed by atoms with van der Waals surface area (Å²) in [5, 5.41) is 2.66. The van der Waals surface area contributed by atoms with E-state index in [0.717, 1.165) is 41.7 Å². The minimum atomic E-state index is -0.786. The molecule has 0 bridgehead atoms. The number of carbonyl (C=O) groups excluding carboxylic acids is 1. The Labute approximate surface area is 181 Å². The van der Waals surface area contributed by atoms with Crippen molar-refractivity contribution in [1.82, 2.24) is 4.90 Å². The lowest BCUT2D eigenvalue weighted by molar-refractivity contribution is 0.185. The second-order valence-electron chi connectivity index (χ2n) is 8.39. The summed E-state index contributed by atoms with van der Waals surface area (Å²) in [5.41, 5.74) is 6.96. The summed E-state index contributed by atoms with van der Waals surface area (Å²) in [6.45, 7) is 6.58. The molecule has 3 aromatic rings. The van der Waals surface area contributed by atoms with Crippen LogP contribution in [0.1, 0.15) is 33.4 Å². The van der Waals surface area contributed by atoms with E-state index in [4.69, 9.17) is 0 Å². The van der Waals surface area contributed by atoms with E-state index in [-0.39, 0.29) is 17.8 Å². The molecule has 160 valence electrons. The topological polar surface area (TPSA) is 32.3 Å². The summed E-state index contributed by atoms with van der Waals surface area (Å²) in [5.74, 6) is -1.46. The van der Waals surface area contributed by atoms with Crippen molar-refractivity contribution in [3.63, 3.8) is 0 Å². The van der Waals surface area contributed by atoms with Crippen LogP contribution >= 0.6 is 0 Å². The molecule has 0 atom stereocenters. The van der Waals surface area contributed by atoms with Crippen LogP contribution < -0.4 is 5.32 Å². The van der Waals surface area contributed by atoms with Gasteiger partial charge in [-0.1, -0.05) is 42.0 Å². The molecule has 0 radical (unpaired) electrons. The van der Waals surface area contributed by atoms with Crippen LogP contribution in [0.4, 0.5) is 19.3 Å². The third-order valence-corrected chi connectivity index (χ3v) is 6.07. The van der Waals surface area contributed by atoms with Gasteiger partial charge in [0, 0.05) is 18.7 Å². The van der Waals surface area contributed by atoms with Crippen molar-refractivity contribution in [3.8, 4) is 0 Å². The molecule has 0 saturated carbocycles. The number of benzene rings is 3. The predicted octanol–water partition coefficient (Wildman–Crippen LogP) is 6.09. The average Bonchev–Trinajstić information content (AvgIpc) is 3.13. The molecule has 1 aliphatic rings. The molecular formula is C26H26F2N2O. The molecule has 0 aromatic heterocycles. The van der Waals surface area contributed by atoms with Gasteiger partial charge in [-0.2, -0.15) is 0 Å². The number of nitrogens with one attached hydrogen (secondary N) is 1. The minimum absolute atomic E-state index is 0.0238. The number of fused-ring (bicyclic) bond motifs is 1.